The lowest BCUT2D eigenvalue weighted by molar-refractivity contribution is -0.134. The van der Waals surface area contributed by atoms with Crippen LogP contribution in [0.2, 0.25) is 0 Å². The van der Waals surface area contributed by atoms with Crippen LogP contribution in [0.3, 0.4) is 0 Å². The molecular weight excluding hydrogens is 332 g/mol. The van der Waals surface area contributed by atoms with E-state index in [-0.39, 0.29) is 5.97 Å². The Kier molecular flexibility index (Phi) is 6.86. The molecule has 1 atom stereocenters. The first-order valence-corrected chi connectivity index (χ1v) is 10.3. The maximum Gasteiger partial charge on any atom is 0.311 e. The average molecular weight is 363 g/mol. The van der Waals surface area contributed by atoms with Gasteiger partial charge in [-0.1, -0.05) is 69.2 Å². The average Bonchev–Trinajstić information content (AvgIpc) is 2.70. The maximum atomic E-state index is 11.8. The van der Waals surface area contributed by atoms with Crippen molar-refractivity contribution in [1.29, 1.82) is 0 Å². The summed E-state index contributed by atoms with van der Waals surface area (Å²) in [4.78, 5) is 11.8. The van der Waals surface area contributed by atoms with Crippen molar-refractivity contribution in [2.75, 3.05) is 0 Å². The van der Waals surface area contributed by atoms with Gasteiger partial charge in [0.1, 0.15) is 5.75 Å². The smallest absolute Gasteiger partial charge is 0.311 e. The topological polar surface area (TPSA) is 26.3 Å². The molecule has 2 aromatic carbocycles. The largest absolute Gasteiger partial charge is 0.427 e. The van der Waals surface area contributed by atoms with Gasteiger partial charge in [-0.3, -0.25) is 4.79 Å². The molecule has 142 valence electrons. The van der Waals surface area contributed by atoms with E-state index in [4.69, 9.17) is 4.74 Å². The molecule has 1 unspecified atom stereocenters. The zero-order valence-corrected chi connectivity index (χ0v) is 16.5. The fraction of sp³-hybridized carbons (Fsp3) is 0.400. The number of rotatable bonds is 7. The number of carbonyl (C=O) groups is 1. The molecule has 2 aromatic rings. The van der Waals surface area contributed by atoms with Gasteiger partial charge in [-0.2, -0.15) is 0 Å². The number of ether oxygens (including phenoxy) is 1. The Balaban J connectivity index is 1.61. The van der Waals surface area contributed by atoms with Gasteiger partial charge in [-0.05, 0) is 66.0 Å². The Morgan fingerprint density at radius 2 is 1.59 bits per heavy atom. The Labute approximate surface area is 163 Å². The van der Waals surface area contributed by atoms with E-state index in [1.54, 1.807) is 0 Å². The Bertz CT molecular complexity index is 769. The van der Waals surface area contributed by atoms with Crippen LogP contribution < -0.4 is 4.74 Å². The normalized spacial score (nSPS) is 16.7. The summed E-state index contributed by atoms with van der Waals surface area (Å²) < 4.78 is 5.41. The van der Waals surface area contributed by atoms with Crippen molar-refractivity contribution in [1.82, 2.24) is 0 Å². The second kappa shape index (κ2) is 9.55. The van der Waals surface area contributed by atoms with Crippen molar-refractivity contribution in [3.63, 3.8) is 0 Å². The van der Waals surface area contributed by atoms with Gasteiger partial charge in [0, 0.05) is 6.42 Å². The molecule has 0 saturated carbocycles. The van der Waals surface area contributed by atoms with Crippen LogP contribution in [0.4, 0.5) is 0 Å². The summed E-state index contributed by atoms with van der Waals surface area (Å²) >= 11 is 0. The lowest BCUT2D eigenvalue weighted by Crippen LogP contribution is -2.07. The first-order chi connectivity index (χ1) is 13.2. The van der Waals surface area contributed by atoms with Crippen molar-refractivity contribution >= 4 is 11.5 Å². The summed E-state index contributed by atoms with van der Waals surface area (Å²) in [5.41, 5.74) is 5.14. The Morgan fingerprint density at radius 1 is 0.963 bits per heavy atom. The molecule has 27 heavy (non-hydrogen) atoms. The van der Waals surface area contributed by atoms with Crippen LogP contribution in [-0.2, 0) is 4.79 Å². The zero-order chi connectivity index (χ0) is 19.1. The molecule has 0 N–H and O–H groups in total. The quantitative estimate of drug-likeness (QED) is 0.300. The van der Waals surface area contributed by atoms with Gasteiger partial charge < -0.3 is 4.74 Å². The number of unbranched alkanes of at least 4 members (excludes halogenated alkanes) is 2. The standard InChI is InChI=1S/C25H30O2/c1-3-4-5-6-25(26)27-24-17-15-23(16-18-24)22-13-11-21(12-14-22)20-9-7-19(2)8-10-20/h9,11-19H,3-8,10H2,1-2H3. The van der Waals surface area contributed by atoms with Crippen LogP contribution in [0.5, 0.6) is 5.75 Å². The second-order valence-corrected chi connectivity index (χ2v) is 7.64. The van der Waals surface area contributed by atoms with E-state index < -0.39 is 0 Å². The van der Waals surface area contributed by atoms with Crippen molar-refractivity contribution in [3.8, 4) is 16.9 Å². The predicted octanol–water partition coefficient (Wildman–Crippen LogP) is 7.04. The molecule has 3 rings (SSSR count). The molecule has 2 heteroatoms. The molecule has 1 aliphatic rings. The van der Waals surface area contributed by atoms with Crippen LogP contribution in [0.1, 0.15) is 64.4 Å². The van der Waals surface area contributed by atoms with Crippen LogP contribution >= 0.6 is 0 Å². The SMILES string of the molecule is CCCCCC(=O)Oc1ccc(-c2ccc(C3=CCC(C)CC3)cc2)cc1. The first-order valence-electron chi connectivity index (χ1n) is 10.3. The Hall–Kier alpha value is -2.35. The summed E-state index contributed by atoms with van der Waals surface area (Å²) in [5.74, 6) is 1.29. The number of hydrogen-bond donors (Lipinski definition) is 0. The van der Waals surface area contributed by atoms with E-state index in [0.717, 1.165) is 30.7 Å². The summed E-state index contributed by atoms with van der Waals surface area (Å²) in [5, 5.41) is 0. The molecule has 0 aromatic heterocycles. The minimum absolute atomic E-state index is 0.143. The second-order valence-electron chi connectivity index (χ2n) is 7.64. The highest BCUT2D eigenvalue weighted by Gasteiger charge is 2.11. The molecule has 2 nitrogen and oxygen atoms in total. The molecule has 0 fully saturated rings. The van der Waals surface area contributed by atoms with Crippen LogP contribution in [0.15, 0.2) is 54.6 Å². The molecule has 0 saturated heterocycles. The summed E-state index contributed by atoms with van der Waals surface area (Å²) in [6.07, 6.45) is 9.62. The number of hydrogen-bond acceptors (Lipinski definition) is 2. The van der Waals surface area contributed by atoms with Crippen LogP contribution in [0.25, 0.3) is 16.7 Å². The van der Waals surface area contributed by atoms with Gasteiger partial charge >= 0.3 is 5.97 Å². The third-order valence-electron chi connectivity index (χ3n) is 5.33. The van der Waals surface area contributed by atoms with E-state index in [2.05, 4.69) is 44.2 Å². The van der Waals surface area contributed by atoms with E-state index >= 15 is 0 Å². The molecule has 0 spiro atoms. The minimum atomic E-state index is -0.143. The highest BCUT2D eigenvalue weighted by Crippen LogP contribution is 2.31. The van der Waals surface area contributed by atoms with Crippen molar-refractivity contribution in [2.24, 2.45) is 5.92 Å². The van der Waals surface area contributed by atoms with Crippen LogP contribution in [0, 0.1) is 5.92 Å². The lowest BCUT2D eigenvalue weighted by atomic mass is 9.87. The van der Waals surface area contributed by atoms with E-state index in [9.17, 15) is 4.79 Å². The third kappa shape index (κ3) is 5.56. The number of esters is 1. The molecule has 0 aliphatic heterocycles. The number of allylic oxidation sites excluding steroid dienone is 2. The Morgan fingerprint density at radius 3 is 2.19 bits per heavy atom. The van der Waals surface area contributed by atoms with Crippen molar-refractivity contribution < 1.29 is 9.53 Å². The maximum absolute atomic E-state index is 11.8. The molecule has 0 amide bonds. The van der Waals surface area contributed by atoms with Gasteiger partial charge in [0.05, 0.1) is 0 Å². The summed E-state index contributed by atoms with van der Waals surface area (Å²) in [7, 11) is 0. The monoisotopic (exact) mass is 362 g/mol. The zero-order valence-electron chi connectivity index (χ0n) is 16.5. The van der Waals surface area contributed by atoms with Crippen LogP contribution in [-0.4, -0.2) is 5.97 Å². The fourth-order valence-electron chi connectivity index (χ4n) is 3.52. The summed E-state index contributed by atoms with van der Waals surface area (Å²) in [6.45, 7) is 4.45. The first kappa shape index (κ1) is 19.4. The van der Waals surface area contributed by atoms with Gasteiger partial charge in [0.2, 0.25) is 0 Å². The molecular formula is C25H30O2. The number of benzene rings is 2. The van der Waals surface area contributed by atoms with Gasteiger partial charge in [0.25, 0.3) is 0 Å². The molecule has 0 bridgehead atoms. The lowest BCUT2D eigenvalue weighted by Gasteiger charge is -2.18. The highest BCUT2D eigenvalue weighted by molar-refractivity contribution is 5.73. The van der Waals surface area contributed by atoms with Gasteiger partial charge in [-0.25, -0.2) is 0 Å². The van der Waals surface area contributed by atoms with Crippen molar-refractivity contribution in [3.05, 3.63) is 60.2 Å². The molecule has 0 radical (unpaired) electrons. The third-order valence-corrected chi connectivity index (χ3v) is 5.33. The summed E-state index contributed by atoms with van der Waals surface area (Å²) in [6, 6.07) is 16.6. The number of carbonyl (C=O) groups excluding carboxylic acids is 1. The van der Waals surface area contributed by atoms with Gasteiger partial charge in [-0.15, -0.1) is 0 Å². The molecule has 1 aliphatic carbocycles. The highest BCUT2D eigenvalue weighted by atomic mass is 16.5. The fourth-order valence-corrected chi connectivity index (χ4v) is 3.52. The van der Waals surface area contributed by atoms with E-state index in [0.29, 0.717) is 12.2 Å². The van der Waals surface area contributed by atoms with Gasteiger partial charge in [0.15, 0.2) is 0 Å². The predicted molar refractivity (Wildman–Crippen MR) is 113 cm³/mol. The van der Waals surface area contributed by atoms with E-state index in [1.165, 1.54) is 36.0 Å². The van der Waals surface area contributed by atoms with Crippen molar-refractivity contribution in [2.45, 2.75) is 58.8 Å². The molecule has 0 heterocycles. The van der Waals surface area contributed by atoms with E-state index in [1.807, 2.05) is 24.3 Å². The minimum Gasteiger partial charge on any atom is -0.427 e.